The summed E-state index contributed by atoms with van der Waals surface area (Å²) < 4.78 is 0. The highest BCUT2D eigenvalue weighted by molar-refractivity contribution is 6.29. The molecule has 0 fully saturated rings. The van der Waals surface area contributed by atoms with Gasteiger partial charge in [-0.3, -0.25) is 4.79 Å². The van der Waals surface area contributed by atoms with Gasteiger partial charge in [-0.2, -0.15) is 0 Å². The Morgan fingerprint density at radius 3 is 2.71 bits per heavy atom. The van der Waals surface area contributed by atoms with Gasteiger partial charge in [0.2, 0.25) is 0 Å². The van der Waals surface area contributed by atoms with E-state index >= 15 is 0 Å². The van der Waals surface area contributed by atoms with Gasteiger partial charge >= 0.3 is 5.97 Å². The fourth-order valence-electron chi connectivity index (χ4n) is 1.14. The minimum Gasteiger partial charge on any atom is -0.479 e. The molecule has 7 heteroatoms. The van der Waals surface area contributed by atoms with Crippen LogP contribution < -0.4 is 5.32 Å². The van der Waals surface area contributed by atoms with Gasteiger partial charge < -0.3 is 15.5 Å². The van der Waals surface area contributed by atoms with Crippen molar-refractivity contribution in [2.75, 3.05) is 6.54 Å². The summed E-state index contributed by atoms with van der Waals surface area (Å²) >= 11 is 5.67. The van der Waals surface area contributed by atoms with Crippen molar-refractivity contribution < 1.29 is 19.8 Å². The van der Waals surface area contributed by atoms with E-state index in [1.54, 1.807) is 6.92 Å². The molecule has 0 aromatic carbocycles. The van der Waals surface area contributed by atoms with Crippen LogP contribution in [0.5, 0.6) is 0 Å². The lowest BCUT2D eigenvalue weighted by Crippen LogP contribution is -2.36. The summed E-state index contributed by atoms with van der Waals surface area (Å²) in [5.74, 6) is -1.91. The van der Waals surface area contributed by atoms with Gasteiger partial charge in [0.1, 0.15) is 5.15 Å². The van der Waals surface area contributed by atoms with Gasteiger partial charge in [0.25, 0.3) is 5.91 Å². The van der Waals surface area contributed by atoms with Crippen molar-refractivity contribution in [2.24, 2.45) is 0 Å². The minimum absolute atomic E-state index is 0.175. The van der Waals surface area contributed by atoms with Crippen molar-refractivity contribution in [3.05, 3.63) is 28.5 Å². The largest absolute Gasteiger partial charge is 0.479 e. The molecule has 0 saturated heterocycles. The molecule has 0 unspecified atom stereocenters. The number of halogens is 1. The molecule has 1 amide bonds. The van der Waals surface area contributed by atoms with E-state index in [2.05, 4.69) is 10.3 Å². The Morgan fingerprint density at radius 2 is 2.18 bits per heavy atom. The van der Waals surface area contributed by atoms with Crippen LogP contribution in [0.3, 0.4) is 0 Å². The van der Waals surface area contributed by atoms with Crippen LogP contribution in [0.15, 0.2) is 12.1 Å². The summed E-state index contributed by atoms with van der Waals surface area (Å²) in [7, 11) is 0. The number of hydrogen-bond acceptors (Lipinski definition) is 4. The van der Waals surface area contributed by atoms with E-state index < -0.39 is 18.0 Å². The van der Waals surface area contributed by atoms with Gasteiger partial charge in [-0.25, -0.2) is 9.78 Å². The zero-order valence-electron chi connectivity index (χ0n) is 8.98. The number of rotatable bonds is 4. The van der Waals surface area contributed by atoms with E-state index in [0.29, 0.717) is 5.69 Å². The Balaban J connectivity index is 2.67. The van der Waals surface area contributed by atoms with E-state index in [-0.39, 0.29) is 17.3 Å². The normalized spacial score (nSPS) is 11.9. The Bertz CT molecular complexity index is 430. The number of aliphatic hydroxyl groups is 1. The average Bonchev–Trinajstić information content (AvgIpc) is 2.23. The number of aromatic nitrogens is 1. The summed E-state index contributed by atoms with van der Waals surface area (Å²) in [6.45, 7) is 1.31. The van der Waals surface area contributed by atoms with Crippen molar-refractivity contribution in [3.8, 4) is 0 Å². The quantitative estimate of drug-likeness (QED) is 0.671. The molecule has 0 radical (unpaired) electrons. The Labute approximate surface area is 102 Å². The van der Waals surface area contributed by atoms with Crippen LogP contribution in [0.1, 0.15) is 16.1 Å². The fourth-order valence-corrected chi connectivity index (χ4v) is 1.39. The van der Waals surface area contributed by atoms with Crippen LogP contribution in [0.2, 0.25) is 5.15 Å². The molecule has 1 atom stereocenters. The number of nitrogens with one attached hydrogen (secondary N) is 1. The van der Waals surface area contributed by atoms with Gasteiger partial charge in [-0.15, -0.1) is 0 Å². The van der Waals surface area contributed by atoms with Crippen LogP contribution >= 0.6 is 11.6 Å². The lowest BCUT2D eigenvalue weighted by molar-refractivity contribution is -0.146. The maximum Gasteiger partial charge on any atom is 0.334 e. The zero-order valence-corrected chi connectivity index (χ0v) is 9.73. The molecule has 17 heavy (non-hydrogen) atoms. The topological polar surface area (TPSA) is 99.5 Å². The molecule has 0 aliphatic rings. The van der Waals surface area contributed by atoms with Crippen LogP contribution in [0.25, 0.3) is 0 Å². The maximum absolute atomic E-state index is 11.6. The predicted molar refractivity (Wildman–Crippen MR) is 60.0 cm³/mol. The average molecular weight is 259 g/mol. The first-order chi connectivity index (χ1) is 7.90. The van der Waals surface area contributed by atoms with Gasteiger partial charge in [0, 0.05) is 11.3 Å². The standard InChI is InChI=1S/C10H11ClN2O4/c1-5-2-6(3-8(11)13-5)9(15)12-4-7(14)10(16)17/h2-3,7,14H,4H2,1H3,(H,12,15)(H,16,17)/t7-/m0/s1. The zero-order chi connectivity index (χ0) is 13.0. The molecule has 1 rings (SSSR count). The van der Waals surface area contributed by atoms with Crippen LogP contribution in [-0.2, 0) is 4.79 Å². The van der Waals surface area contributed by atoms with Crippen molar-refractivity contribution in [3.63, 3.8) is 0 Å². The molecule has 92 valence electrons. The van der Waals surface area contributed by atoms with Gasteiger partial charge in [-0.1, -0.05) is 11.6 Å². The first kappa shape index (κ1) is 13.4. The summed E-state index contributed by atoms with van der Waals surface area (Å²) in [6, 6.07) is 2.87. The SMILES string of the molecule is Cc1cc(C(=O)NC[C@H](O)C(=O)O)cc(Cl)n1. The second-order valence-electron chi connectivity index (χ2n) is 3.38. The Hall–Kier alpha value is -1.66. The number of carbonyl (C=O) groups is 2. The van der Waals surface area contributed by atoms with Crippen molar-refractivity contribution in [2.45, 2.75) is 13.0 Å². The minimum atomic E-state index is -1.63. The number of aryl methyl sites for hydroxylation is 1. The number of amides is 1. The molecule has 1 aromatic rings. The Kier molecular flexibility index (Phi) is 4.42. The molecule has 0 saturated carbocycles. The number of nitrogens with zero attached hydrogens (tertiary/aromatic N) is 1. The predicted octanol–water partition coefficient (Wildman–Crippen LogP) is 0.219. The van der Waals surface area contributed by atoms with E-state index in [1.165, 1.54) is 12.1 Å². The lowest BCUT2D eigenvalue weighted by Gasteiger charge is -2.08. The highest BCUT2D eigenvalue weighted by atomic mass is 35.5. The first-order valence-corrected chi connectivity index (χ1v) is 5.11. The molecule has 1 heterocycles. The second-order valence-corrected chi connectivity index (χ2v) is 3.77. The number of aliphatic hydroxyl groups excluding tert-OH is 1. The smallest absolute Gasteiger partial charge is 0.334 e. The molecular formula is C10H11ClN2O4. The maximum atomic E-state index is 11.6. The number of aliphatic carboxylic acids is 1. The van der Waals surface area contributed by atoms with Gasteiger partial charge in [-0.05, 0) is 19.1 Å². The molecule has 0 spiro atoms. The van der Waals surface area contributed by atoms with Crippen LogP contribution in [0.4, 0.5) is 0 Å². The fraction of sp³-hybridized carbons (Fsp3) is 0.300. The van der Waals surface area contributed by atoms with Gasteiger partial charge in [0.15, 0.2) is 6.10 Å². The van der Waals surface area contributed by atoms with E-state index in [1.807, 2.05) is 0 Å². The van der Waals surface area contributed by atoms with Crippen LogP contribution in [-0.4, -0.2) is 39.7 Å². The van der Waals surface area contributed by atoms with Gasteiger partial charge in [0.05, 0.1) is 6.54 Å². The molecule has 1 aromatic heterocycles. The molecule has 6 nitrogen and oxygen atoms in total. The third-order valence-electron chi connectivity index (χ3n) is 1.93. The number of pyridine rings is 1. The Morgan fingerprint density at radius 1 is 1.53 bits per heavy atom. The summed E-state index contributed by atoms with van der Waals surface area (Å²) in [4.78, 5) is 25.8. The number of carboxylic acid groups (broad SMARTS) is 1. The molecule has 0 bridgehead atoms. The van der Waals surface area contributed by atoms with Crippen molar-refractivity contribution in [1.82, 2.24) is 10.3 Å². The van der Waals surface area contributed by atoms with Crippen LogP contribution in [0, 0.1) is 6.92 Å². The van der Waals surface area contributed by atoms with E-state index in [9.17, 15) is 9.59 Å². The number of carboxylic acids is 1. The third kappa shape index (κ3) is 4.01. The van der Waals surface area contributed by atoms with Crippen molar-refractivity contribution in [1.29, 1.82) is 0 Å². The van der Waals surface area contributed by atoms with Crippen molar-refractivity contribution >= 4 is 23.5 Å². The first-order valence-electron chi connectivity index (χ1n) is 4.73. The molecule has 0 aliphatic carbocycles. The molecule has 3 N–H and O–H groups in total. The highest BCUT2D eigenvalue weighted by Gasteiger charge is 2.15. The molecule has 0 aliphatic heterocycles. The summed E-state index contributed by atoms with van der Waals surface area (Å²) in [6.07, 6.45) is -1.63. The molecular weight excluding hydrogens is 248 g/mol. The van der Waals surface area contributed by atoms with E-state index in [0.717, 1.165) is 0 Å². The van der Waals surface area contributed by atoms with E-state index in [4.69, 9.17) is 21.8 Å². The monoisotopic (exact) mass is 258 g/mol. The second kappa shape index (κ2) is 5.60. The number of hydrogen-bond donors (Lipinski definition) is 3. The summed E-state index contributed by atoms with van der Waals surface area (Å²) in [5, 5.41) is 19.9. The number of carbonyl (C=O) groups excluding carboxylic acids is 1. The highest BCUT2D eigenvalue weighted by Crippen LogP contribution is 2.10. The lowest BCUT2D eigenvalue weighted by atomic mass is 10.2. The summed E-state index contributed by atoms with van der Waals surface area (Å²) in [5.41, 5.74) is 0.835. The third-order valence-corrected chi connectivity index (χ3v) is 2.12.